The van der Waals surface area contributed by atoms with Crippen LogP contribution in [-0.4, -0.2) is 25.7 Å². The second-order valence-corrected chi connectivity index (χ2v) is 9.08. The number of aromatic amines is 1. The molecule has 174 valence electrons. The summed E-state index contributed by atoms with van der Waals surface area (Å²) in [5, 5.41) is 8.07. The van der Waals surface area contributed by atoms with E-state index >= 15 is 0 Å². The van der Waals surface area contributed by atoms with Gasteiger partial charge in [-0.1, -0.05) is 54.2 Å². The fourth-order valence-electron chi connectivity index (χ4n) is 3.76. The Morgan fingerprint density at radius 3 is 2.50 bits per heavy atom. The number of anilines is 1. The van der Waals surface area contributed by atoms with Crippen LogP contribution in [0.2, 0.25) is 0 Å². The maximum atomic E-state index is 12.7. The Labute approximate surface area is 202 Å². The lowest BCUT2D eigenvalue weighted by Gasteiger charge is -2.13. The van der Waals surface area contributed by atoms with Crippen LogP contribution in [0.15, 0.2) is 70.6 Å². The van der Waals surface area contributed by atoms with Gasteiger partial charge in [0, 0.05) is 29.1 Å². The number of rotatable bonds is 8. The number of nitrogens with one attached hydrogen (secondary N) is 2. The number of carbonyl (C=O) groups is 1. The Bertz CT molecular complexity index is 1360. The van der Waals surface area contributed by atoms with Crippen molar-refractivity contribution in [2.75, 3.05) is 5.32 Å². The molecule has 0 unspecified atom stereocenters. The molecule has 0 saturated heterocycles. The number of hydrogen-bond donors (Lipinski definition) is 2. The van der Waals surface area contributed by atoms with Crippen molar-refractivity contribution in [3.8, 4) is 5.69 Å². The van der Waals surface area contributed by atoms with E-state index in [0.717, 1.165) is 28.4 Å². The average molecular weight is 474 g/mol. The molecule has 4 rings (SSSR count). The summed E-state index contributed by atoms with van der Waals surface area (Å²) in [6.07, 6.45) is 0.485. The number of amides is 1. The molecule has 0 atom stereocenters. The third kappa shape index (κ3) is 5.63. The zero-order valence-electron chi connectivity index (χ0n) is 19.5. The number of para-hydroxylation sites is 2. The highest BCUT2D eigenvalue weighted by Crippen LogP contribution is 2.22. The SMILES string of the molecule is Cc1cc(C)n(-c2ccccc2NC(=O)CCc2c(C)nc(SCc3ccccc3)[nH]c2=O)n1. The first-order chi connectivity index (χ1) is 16.4. The molecule has 0 aliphatic carbocycles. The second-order valence-electron chi connectivity index (χ2n) is 8.11. The van der Waals surface area contributed by atoms with E-state index in [1.807, 2.05) is 86.1 Å². The first kappa shape index (κ1) is 23.5. The number of benzene rings is 2. The van der Waals surface area contributed by atoms with Crippen molar-refractivity contribution in [2.24, 2.45) is 0 Å². The molecule has 2 aromatic carbocycles. The summed E-state index contributed by atoms with van der Waals surface area (Å²) in [6, 6.07) is 19.6. The Kier molecular flexibility index (Phi) is 7.27. The van der Waals surface area contributed by atoms with Crippen LogP contribution in [0.25, 0.3) is 5.69 Å². The quantitative estimate of drug-likeness (QED) is 0.285. The van der Waals surface area contributed by atoms with Crippen LogP contribution in [-0.2, 0) is 17.0 Å². The number of aryl methyl sites for hydroxylation is 3. The summed E-state index contributed by atoms with van der Waals surface area (Å²) >= 11 is 1.48. The molecule has 0 saturated carbocycles. The van der Waals surface area contributed by atoms with Gasteiger partial charge in [-0.2, -0.15) is 5.10 Å². The standard InChI is InChI=1S/C26H27N5O2S/c1-17-15-18(2)31(30-17)23-12-8-7-11-22(23)28-24(32)14-13-21-19(3)27-26(29-25(21)33)34-16-20-9-5-4-6-10-20/h4-12,15H,13-14,16H2,1-3H3,(H,28,32)(H,27,29,33). The van der Waals surface area contributed by atoms with Gasteiger partial charge in [0.1, 0.15) is 0 Å². The van der Waals surface area contributed by atoms with Gasteiger partial charge in [0.2, 0.25) is 5.91 Å². The zero-order valence-corrected chi connectivity index (χ0v) is 20.3. The van der Waals surface area contributed by atoms with Gasteiger partial charge < -0.3 is 10.3 Å². The third-order valence-electron chi connectivity index (χ3n) is 5.44. The summed E-state index contributed by atoms with van der Waals surface area (Å²) in [7, 11) is 0. The summed E-state index contributed by atoms with van der Waals surface area (Å²) in [5.41, 5.74) is 5.52. The lowest BCUT2D eigenvalue weighted by molar-refractivity contribution is -0.116. The number of thioether (sulfide) groups is 1. The molecule has 0 aliphatic heterocycles. The van der Waals surface area contributed by atoms with Gasteiger partial charge in [-0.25, -0.2) is 9.67 Å². The molecule has 0 aliphatic rings. The van der Waals surface area contributed by atoms with E-state index in [9.17, 15) is 9.59 Å². The molecule has 2 heterocycles. The monoisotopic (exact) mass is 473 g/mol. The van der Waals surface area contributed by atoms with Gasteiger partial charge in [0.05, 0.1) is 17.1 Å². The van der Waals surface area contributed by atoms with Gasteiger partial charge in [-0.05, 0) is 51.0 Å². The summed E-state index contributed by atoms with van der Waals surface area (Å²) < 4.78 is 1.82. The smallest absolute Gasteiger partial charge is 0.254 e. The normalized spacial score (nSPS) is 10.9. The first-order valence-corrected chi connectivity index (χ1v) is 12.1. The molecule has 7 nitrogen and oxygen atoms in total. The summed E-state index contributed by atoms with van der Waals surface area (Å²) in [6.45, 7) is 5.72. The third-order valence-corrected chi connectivity index (χ3v) is 6.38. The average Bonchev–Trinajstić information content (AvgIpc) is 3.15. The molecule has 2 N–H and O–H groups in total. The van der Waals surface area contributed by atoms with E-state index in [2.05, 4.69) is 20.4 Å². The molecule has 2 aromatic heterocycles. The minimum Gasteiger partial charge on any atom is -0.324 e. The molecule has 0 radical (unpaired) electrons. The predicted molar refractivity (Wildman–Crippen MR) is 136 cm³/mol. The van der Waals surface area contributed by atoms with Gasteiger partial charge in [0.25, 0.3) is 5.56 Å². The number of carbonyl (C=O) groups excluding carboxylic acids is 1. The van der Waals surface area contributed by atoms with Crippen LogP contribution >= 0.6 is 11.8 Å². The van der Waals surface area contributed by atoms with E-state index in [0.29, 0.717) is 28.5 Å². The topological polar surface area (TPSA) is 92.7 Å². The van der Waals surface area contributed by atoms with Crippen LogP contribution in [0.3, 0.4) is 0 Å². The van der Waals surface area contributed by atoms with E-state index in [1.54, 1.807) is 0 Å². The fraction of sp³-hybridized carbons (Fsp3) is 0.231. The Morgan fingerprint density at radius 2 is 1.79 bits per heavy atom. The summed E-state index contributed by atoms with van der Waals surface area (Å²) in [5.74, 6) is 0.551. The highest BCUT2D eigenvalue weighted by molar-refractivity contribution is 7.98. The van der Waals surface area contributed by atoms with Crippen molar-refractivity contribution >= 4 is 23.4 Å². The summed E-state index contributed by atoms with van der Waals surface area (Å²) in [4.78, 5) is 32.8. The van der Waals surface area contributed by atoms with Crippen molar-refractivity contribution in [1.29, 1.82) is 0 Å². The molecule has 0 fully saturated rings. The lowest BCUT2D eigenvalue weighted by atomic mass is 10.1. The van der Waals surface area contributed by atoms with E-state index < -0.39 is 0 Å². The zero-order chi connectivity index (χ0) is 24.1. The molecule has 1 amide bonds. The molecule has 0 spiro atoms. The van der Waals surface area contributed by atoms with Crippen LogP contribution < -0.4 is 10.9 Å². The van der Waals surface area contributed by atoms with Crippen LogP contribution in [0.4, 0.5) is 5.69 Å². The van der Waals surface area contributed by atoms with Crippen molar-refractivity contribution in [1.82, 2.24) is 19.7 Å². The maximum absolute atomic E-state index is 12.7. The van der Waals surface area contributed by atoms with Crippen molar-refractivity contribution in [3.05, 3.63) is 99.2 Å². The highest BCUT2D eigenvalue weighted by Gasteiger charge is 2.14. The van der Waals surface area contributed by atoms with E-state index in [1.165, 1.54) is 11.8 Å². The van der Waals surface area contributed by atoms with Gasteiger partial charge >= 0.3 is 0 Å². The minimum absolute atomic E-state index is 0.171. The van der Waals surface area contributed by atoms with Gasteiger partial charge in [-0.3, -0.25) is 9.59 Å². The van der Waals surface area contributed by atoms with Crippen LogP contribution in [0.1, 0.15) is 34.6 Å². The van der Waals surface area contributed by atoms with Crippen molar-refractivity contribution in [2.45, 2.75) is 44.5 Å². The molecule has 8 heteroatoms. The number of H-pyrrole nitrogens is 1. The number of aromatic nitrogens is 4. The molecule has 34 heavy (non-hydrogen) atoms. The Hall–Kier alpha value is -3.65. The molecule has 4 aromatic rings. The molecule has 0 bridgehead atoms. The molecular formula is C26H27N5O2S. The largest absolute Gasteiger partial charge is 0.324 e. The van der Waals surface area contributed by atoms with Crippen molar-refractivity contribution in [3.63, 3.8) is 0 Å². The van der Waals surface area contributed by atoms with Crippen molar-refractivity contribution < 1.29 is 4.79 Å². The second kappa shape index (κ2) is 10.5. The molecular weight excluding hydrogens is 446 g/mol. The minimum atomic E-state index is -0.195. The predicted octanol–water partition coefficient (Wildman–Crippen LogP) is 4.74. The number of hydrogen-bond acceptors (Lipinski definition) is 5. The van der Waals surface area contributed by atoms with Gasteiger partial charge in [-0.15, -0.1) is 0 Å². The number of nitrogens with zero attached hydrogens (tertiary/aromatic N) is 3. The highest BCUT2D eigenvalue weighted by atomic mass is 32.2. The van der Waals surface area contributed by atoms with Crippen LogP contribution in [0.5, 0.6) is 0 Å². The fourth-order valence-corrected chi connectivity index (χ4v) is 4.62. The van der Waals surface area contributed by atoms with Crippen LogP contribution in [0, 0.1) is 20.8 Å². The first-order valence-electron chi connectivity index (χ1n) is 11.1. The van der Waals surface area contributed by atoms with E-state index in [4.69, 9.17) is 0 Å². The lowest BCUT2D eigenvalue weighted by Crippen LogP contribution is -2.20. The van der Waals surface area contributed by atoms with Gasteiger partial charge in [0.15, 0.2) is 5.16 Å². The Morgan fingerprint density at radius 1 is 1.06 bits per heavy atom. The Balaban J connectivity index is 1.41. The van der Waals surface area contributed by atoms with E-state index in [-0.39, 0.29) is 17.9 Å². The maximum Gasteiger partial charge on any atom is 0.254 e.